The standard InChI is InChI=1S/C8H13BrN4S/c1-5-3-4-14-8(10-5)6-7(9)11-12-13(6)2/h5,8,10H,3-4H2,1-2H3. The molecule has 0 amide bonds. The third-order valence-electron chi connectivity index (χ3n) is 2.35. The minimum absolute atomic E-state index is 0.313. The van der Waals surface area contributed by atoms with Crippen LogP contribution in [0.4, 0.5) is 0 Å². The molecule has 1 aromatic heterocycles. The van der Waals surface area contributed by atoms with Crippen molar-refractivity contribution < 1.29 is 0 Å². The van der Waals surface area contributed by atoms with Gasteiger partial charge in [-0.3, -0.25) is 5.32 Å². The first-order valence-electron chi connectivity index (χ1n) is 4.61. The maximum absolute atomic E-state index is 3.99. The van der Waals surface area contributed by atoms with Gasteiger partial charge in [0.25, 0.3) is 0 Å². The lowest BCUT2D eigenvalue weighted by Crippen LogP contribution is -2.34. The molecule has 14 heavy (non-hydrogen) atoms. The fourth-order valence-corrected chi connectivity index (χ4v) is 3.71. The molecule has 1 N–H and O–H groups in total. The van der Waals surface area contributed by atoms with Crippen molar-refractivity contribution in [1.82, 2.24) is 20.3 Å². The van der Waals surface area contributed by atoms with Gasteiger partial charge < -0.3 is 0 Å². The van der Waals surface area contributed by atoms with E-state index >= 15 is 0 Å². The van der Waals surface area contributed by atoms with E-state index in [-0.39, 0.29) is 0 Å². The van der Waals surface area contributed by atoms with E-state index in [9.17, 15) is 0 Å². The number of nitrogens with zero attached hydrogens (tertiary/aromatic N) is 3. The third kappa shape index (κ3) is 1.97. The summed E-state index contributed by atoms with van der Waals surface area (Å²) in [5.41, 5.74) is 1.13. The molecule has 0 bridgehead atoms. The highest BCUT2D eigenvalue weighted by Crippen LogP contribution is 2.33. The smallest absolute Gasteiger partial charge is 0.154 e. The molecule has 4 nitrogen and oxygen atoms in total. The predicted octanol–water partition coefficient (Wildman–Crippen LogP) is 1.69. The molecule has 1 saturated heterocycles. The average Bonchev–Trinajstić information content (AvgIpc) is 2.46. The van der Waals surface area contributed by atoms with E-state index in [4.69, 9.17) is 0 Å². The highest BCUT2D eigenvalue weighted by atomic mass is 79.9. The molecule has 0 aliphatic carbocycles. The van der Waals surface area contributed by atoms with Crippen LogP contribution in [0.15, 0.2) is 4.60 Å². The second kappa shape index (κ2) is 4.20. The molecule has 6 heteroatoms. The minimum Gasteiger partial charge on any atom is -0.298 e. The number of halogens is 1. The van der Waals surface area contributed by atoms with E-state index in [0.717, 1.165) is 10.3 Å². The van der Waals surface area contributed by atoms with Gasteiger partial charge in [-0.25, -0.2) is 4.68 Å². The predicted molar refractivity (Wildman–Crippen MR) is 61.1 cm³/mol. The quantitative estimate of drug-likeness (QED) is 0.848. The fraction of sp³-hybridized carbons (Fsp3) is 0.750. The second-order valence-electron chi connectivity index (χ2n) is 3.50. The molecule has 2 atom stereocenters. The first kappa shape index (κ1) is 10.4. The number of hydrogen-bond donors (Lipinski definition) is 1. The maximum Gasteiger partial charge on any atom is 0.154 e. The zero-order valence-electron chi connectivity index (χ0n) is 8.20. The zero-order chi connectivity index (χ0) is 10.1. The Labute approximate surface area is 96.0 Å². The van der Waals surface area contributed by atoms with Crippen LogP contribution in [0.5, 0.6) is 0 Å². The highest BCUT2D eigenvalue weighted by Gasteiger charge is 2.25. The van der Waals surface area contributed by atoms with Gasteiger partial charge in [0.05, 0.1) is 5.37 Å². The molecule has 0 radical (unpaired) electrons. The Kier molecular flexibility index (Phi) is 3.14. The van der Waals surface area contributed by atoms with Crippen LogP contribution < -0.4 is 5.32 Å². The monoisotopic (exact) mass is 276 g/mol. The summed E-state index contributed by atoms with van der Waals surface area (Å²) in [7, 11) is 1.93. The number of thioether (sulfide) groups is 1. The van der Waals surface area contributed by atoms with Crippen LogP contribution >= 0.6 is 27.7 Å². The second-order valence-corrected chi connectivity index (χ2v) is 5.46. The molecule has 1 aliphatic heterocycles. The minimum atomic E-state index is 0.313. The number of nitrogens with one attached hydrogen (secondary N) is 1. The molecule has 2 rings (SSSR count). The van der Waals surface area contributed by atoms with Gasteiger partial charge in [0.1, 0.15) is 5.69 Å². The Morgan fingerprint density at radius 3 is 3.00 bits per heavy atom. The van der Waals surface area contributed by atoms with E-state index in [0.29, 0.717) is 11.4 Å². The summed E-state index contributed by atoms with van der Waals surface area (Å²) in [5.74, 6) is 1.19. The largest absolute Gasteiger partial charge is 0.298 e. The lowest BCUT2D eigenvalue weighted by molar-refractivity contribution is 0.493. The summed E-state index contributed by atoms with van der Waals surface area (Å²) in [6.45, 7) is 2.21. The highest BCUT2D eigenvalue weighted by molar-refractivity contribution is 9.10. The molecule has 0 aromatic carbocycles. The molecule has 1 aromatic rings. The van der Waals surface area contributed by atoms with Crippen LogP contribution in [-0.4, -0.2) is 26.8 Å². The molecule has 2 unspecified atom stereocenters. The van der Waals surface area contributed by atoms with E-state index in [1.54, 1.807) is 0 Å². The van der Waals surface area contributed by atoms with Crippen molar-refractivity contribution in [1.29, 1.82) is 0 Å². The lowest BCUT2D eigenvalue weighted by atomic mass is 10.2. The van der Waals surface area contributed by atoms with Gasteiger partial charge in [-0.15, -0.1) is 16.9 Å². The van der Waals surface area contributed by atoms with Crippen molar-refractivity contribution in [2.24, 2.45) is 7.05 Å². The molecular weight excluding hydrogens is 264 g/mol. The summed E-state index contributed by atoms with van der Waals surface area (Å²) in [5, 5.41) is 11.8. The Bertz CT molecular complexity index is 308. The molecule has 78 valence electrons. The molecular formula is C8H13BrN4S. The number of hydrogen-bond acceptors (Lipinski definition) is 4. The van der Waals surface area contributed by atoms with Crippen molar-refractivity contribution in [3.05, 3.63) is 10.3 Å². The first-order valence-corrected chi connectivity index (χ1v) is 6.45. The van der Waals surface area contributed by atoms with Crippen LogP contribution in [0.25, 0.3) is 0 Å². The first-order chi connectivity index (χ1) is 6.68. The van der Waals surface area contributed by atoms with Crippen LogP contribution in [0, 0.1) is 0 Å². The van der Waals surface area contributed by atoms with Crippen LogP contribution in [0.3, 0.4) is 0 Å². The van der Waals surface area contributed by atoms with Crippen molar-refractivity contribution in [2.45, 2.75) is 24.8 Å². The molecule has 1 fully saturated rings. The Balaban J connectivity index is 2.21. The van der Waals surface area contributed by atoms with Gasteiger partial charge in [0.15, 0.2) is 4.60 Å². The Morgan fingerprint density at radius 2 is 2.43 bits per heavy atom. The third-order valence-corrected chi connectivity index (χ3v) is 4.08. The van der Waals surface area contributed by atoms with E-state index in [1.165, 1.54) is 12.2 Å². The molecule has 0 spiro atoms. The summed E-state index contributed by atoms with van der Waals surface area (Å²) in [4.78, 5) is 0. The van der Waals surface area contributed by atoms with Crippen molar-refractivity contribution in [3.8, 4) is 0 Å². The lowest BCUT2D eigenvalue weighted by Gasteiger charge is -2.28. The van der Waals surface area contributed by atoms with Gasteiger partial charge >= 0.3 is 0 Å². The summed E-state index contributed by atoms with van der Waals surface area (Å²) in [6.07, 6.45) is 1.23. The number of aryl methyl sites for hydroxylation is 1. The molecule has 1 aliphatic rings. The number of aromatic nitrogens is 3. The van der Waals surface area contributed by atoms with Gasteiger partial charge in [-0.2, -0.15) is 0 Å². The molecule has 0 saturated carbocycles. The van der Waals surface area contributed by atoms with Gasteiger partial charge in [-0.1, -0.05) is 5.21 Å². The van der Waals surface area contributed by atoms with E-state index < -0.39 is 0 Å². The normalized spacial score (nSPS) is 27.9. The van der Waals surface area contributed by atoms with E-state index in [2.05, 4.69) is 38.5 Å². The van der Waals surface area contributed by atoms with Crippen molar-refractivity contribution in [3.63, 3.8) is 0 Å². The zero-order valence-corrected chi connectivity index (χ0v) is 10.6. The summed E-state index contributed by atoms with van der Waals surface area (Å²) < 4.78 is 2.67. The summed E-state index contributed by atoms with van der Waals surface area (Å²) >= 11 is 5.34. The van der Waals surface area contributed by atoms with Crippen LogP contribution in [0.2, 0.25) is 0 Å². The summed E-state index contributed by atoms with van der Waals surface area (Å²) in [6, 6.07) is 0.572. The van der Waals surface area contributed by atoms with Gasteiger partial charge in [-0.05, 0) is 35.0 Å². The SMILES string of the molecule is CC1CCSC(c2c(Br)nnn2C)N1. The van der Waals surface area contributed by atoms with Crippen LogP contribution in [-0.2, 0) is 7.05 Å². The molecule has 2 heterocycles. The Morgan fingerprint density at radius 1 is 1.64 bits per heavy atom. The van der Waals surface area contributed by atoms with Crippen molar-refractivity contribution in [2.75, 3.05) is 5.75 Å². The van der Waals surface area contributed by atoms with E-state index in [1.807, 2.05) is 23.5 Å². The maximum atomic E-state index is 3.99. The van der Waals surface area contributed by atoms with Gasteiger partial charge in [0.2, 0.25) is 0 Å². The van der Waals surface area contributed by atoms with Crippen molar-refractivity contribution >= 4 is 27.7 Å². The number of rotatable bonds is 1. The topological polar surface area (TPSA) is 42.7 Å². The Hall–Kier alpha value is -0.0700. The van der Waals surface area contributed by atoms with Crippen LogP contribution in [0.1, 0.15) is 24.4 Å². The fourth-order valence-electron chi connectivity index (χ4n) is 1.53. The van der Waals surface area contributed by atoms with Gasteiger partial charge in [0, 0.05) is 13.1 Å². The average molecular weight is 277 g/mol.